The van der Waals surface area contributed by atoms with Gasteiger partial charge in [0.1, 0.15) is 5.54 Å². The zero-order chi connectivity index (χ0) is 17.8. The molecular weight excluding hydrogens is 320 g/mol. The number of hydrogen-bond acceptors (Lipinski definition) is 4. The molecule has 7 nitrogen and oxygen atoms in total. The minimum Gasteiger partial charge on any atom is -0.480 e. The highest BCUT2D eigenvalue weighted by Gasteiger charge is 2.35. The van der Waals surface area contributed by atoms with Gasteiger partial charge in [0.25, 0.3) is 5.91 Å². The first-order valence-electron chi connectivity index (χ1n) is 7.13. The average molecular weight is 342 g/mol. The van der Waals surface area contributed by atoms with Crippen molar-refractivity contribution < 1.29 is 23.1 Å². The summed E-state index contributed by atoms with van der Waals surface area (Å²) in [5, 5.41) is 9.19. The zero-order valence-electron chi connectivity index (χ0n) is 13.7. The summed E-state index contributed by atoms with van der Waals surface area (Å²) in [6.07, 6.45) is 0.476. The second-order valence-electron chi connectivity index (χ2n) is 5.73. The third-order valence-corrected chi connectivity index (χ3v) is 5.01. The number of carboxylic acid groups (broad SMARTS) is 1. The quantitative estimate of drug-likeness (QED) is 0.786. The maximum absolute atomic E-state index is 12.4. The number of carbonyl (C=O) groups is 2. The summed E-state index contributed by atoms with van der Waals surface area (Å²) in [7, 11) is -2.07. The van der Waals surface area contributed by atoms with E-state index in [1.807, 2.05) is 0 Å². The predicted molar refractivity (Wildman–Crippen MR) is 88.0 cm³/mol. The molecule has 23 heavy (non-hydrogen) atoms. The highest BCUT2D eigenvalue weighted by molar-refractivity contribution is 7.92. The van der Waals surface area contributed by atoms with E-state index in [1.54, 1.807) is 13.0 Å². The van der Waals surface area contributed by atoms with Gasteiger partial charge in [0, 0.05) is 18.3 Å². The van der Waals surface area contributed by atoms with Crippen molar-refractivity contribution in [3.63, 3.8) is 0 Å². The van der Waals surface area contributed by atoms with Crippen LogP contribution in [0.2, 0.25) is 0 Å². The molecule has 0 heterocycles. The van der Waals surface area contributed by atoms with Crippen LogP contribution in [0.25, 0.3) is 0 Å². The third kappa shape index (κ3) is 4.69. The van der Waals surface area contributed by atoms with Crippen LogP contribution in [0.5, 0.6) is 0 Å². The topological polar surface area (TPSA) is 104 Å². The molecule has 0 saturated heterocycles. The van der Waals surface area contributed by atoms with Gasteiger partial charge in [0.05, 0.1) is 5.75 Å². The van der Waals surface area contributed by atoms with E-state index in [-0.39, 0.29) is 17.0 Å². The van der Waals surface area contributed by atoms with Gasteiger partial charge in [0.2, 0.25) is 10.0 Å². The molecule has 1 aromatic rings. The molecule has 0 aliphatic rings. The summed E-state index contributed by atoms with van der Waals surface area (Å²) in [4.78, 5) is 24.8. The van der Waals surface area contributed by atoms with Crippen molar-refractivity contribution in [1.82, 2.24) is 4.90 Å². The van der Waals surface area contributed by atoms with Crippen molar-refractivity contribution in [2.75, 3.05) is 17.5 Å². The van der Waals surface area contributed by atoms with E-state index in [0.29, 0.717) is 6.42 Å². The lowest BCUT2D eigenvalue weighted by molar-refractivity contribution is -0.147. The molecule has 0 atom stereocenters. The van der Waals surface area contributed by atoms with Crippen LogP contribution in [0.15, 0.2) is 24.3 Å². The van der Waals surface area contributed by atoms with Gasteiger partial charge in [0.15, 0.2) is 0 Å². The number of carboxylic acids is 1. The van der Waals surface area contributed by atoms with Crippen molar-refractivity contribution in [2.45, 2.75) is 32.7 Å². The monoisotopic (exact) mass is 342 g/mol. The number of nitrogens with one attached hydrogen (secondary N) is 1. The van der Waals surface area contributed by atoms with Crippen LogP contribution in [-0.4, -0.2) is 48.6 Å². The summed E-state index contributed by atoms with van der Waals surface area (Å²) in [6.45, 7) is 4.59. The van der Waals surface area contributed by atoms with Gasteiger partial charge in [-0.2, -0.15) is 0 Å². The van der Waals surface area contributed by atoms with Gasteiger partial charge in [-0.05, 0) is 38.5 Å². The Morgan fingerprint density at radius 1 is 1.30 bits per heavy atom. The largest absolute Gasteiger partial charge is 0.480 e. The number of benzene rings is 1. The van der Waals surface area contributed by atoms with Crippen LogP contribution < -0.4 is 4.72 Å². The average Bonchev–Trinajstić information content (AvgIpc) is 2.45. The summed E-state index contributed by atoms with van der Waals surface area (Å²) in [6, 6.07) is 5.98. The lowest BCUT2D eigenvalue weighted by Gasteiger charge is -2.31. The SMILES string of the molecule is CCCS(=O)(=O)Nc1cccc(C(=O)N(C)C(C)(C)C(=O)O)c1. The molecule has 1 amide bonds. The van der Waals surface area contributed by atoms with E-state index in [0.717, 1.165) is 4.90 Å². The number of aliphatic carboxylic acids is 1. The van der Waals surface area contributed by atoms with Gasteiger partial charge in [-0.25, -0.2) is 13.2 Å². The van der Waals surface area contributed by atoms with Gasteiger partial charge in [-0.15, -0.1) is 0 Å². The Balaban J connectivity index is 3.05. The van der Waals surface area contributed by atoms with Crippen molar-refractivity contribution in [2.24, 2.45) is 0 Å². The molecule has 0 aliphatic carbocycles. The van der Waals surface area contributed by atoms with E-state index < -0.39 is 27.4 Å². The highest BCUT2D eigenvalue weighted by atomic mass is 32.2. The number of anilines is 1. The molecule has 2 N–H and O–H groups in total. The molecule has 0 radical (unpaired) electrons. The Bertz CT molecular complexity index is 698. The Hall–Kier alpha value is -2.09. The minimum atomic E-state index is -3.46. The fourth-order valence-corrected chi connectivity index (χ4v) is 2.93. The smallest absolute Gasteiger partial charge is 0.329 e. The summed E-state index contributed by atoms with van der Waals surface area (Å²) < 4.78 is 26.0. The summed E-state index contributed by atoms with van der Waals surface area (Å²) >= 11 is 0. The Labute approximate surface area is 136 Å². The van der Waals surface area contributed by atoms with Gasteiger partial charge in [-0.1, -0.05) is 13.0 Å². The van der Waals surface area contributed by atoms with E-state index in [1.165, 1.54) is 39.1 Å². The highest BCUT2D eigenvalue weighted by Crippen LogP contribution is 2.19. The van der Waals surface area contributed by atoms with Crippen LogP contribution >= 0.6 is 0 Å². The fraction of sp³-hybridized carbons (Fsp3) is 0.467. The number of rotatable bonds is 7. The van der Waals surface area contributed by atoms with Gasteiger partial charge < -0.3 is 10.0 Å². The molecule has 0 saturated carbocycles. The van der Waals surface area contributed by atoms with Crippen LogP contribution in [0.4, 0.5) is 5.69 Å². The molecule has 0 fully saturated rings. The van der Waals surface area contributed by atoms with E-state index in [2.05, 4.69) is 4.72 Å². The number of sulfonamides is 1. The zero-order valence-corrected chi connectivity index (χ0v) is 14.5. The maximum atomic E-state index is 12.4. The van der Waals surface area contributed by atoms with Crippen LogP contribution in [-0.2, 0) is 14.8 Å². The maximum Gasteiger partial charge on any atom is 0.329 e. The standard InChI is InChI=1S/C15H22N2O5S/c1-5-9-23(21,22)16-12-8-6-7-11(10-12)13(18)17(4)15(2,3)14(19)20/h6-8,10,16H,5,9H2,1-4H3,(H,19,20). The number of hydrogen-bond donors (Lipinski definition) is 2. The molecule has 128 valence electrons. The first-order valence-corrected chi connectivity index (χ1v) is 8.78. The van der Waals surface area contributed by atoms with Crippen molar-refractivity contribution in [3.05, 3.63) is 29.8 Å². The number of likely N-dealkylation sites (N-methyl/N-ethyl adjacent to an activating group) is 1. The Kier molecular flexibility index (Phi) is 5.76. The molecule has 0 bridgehead atoms. The molecule has 0 aromatic heterocycles. The van der Waals surface area contributed by atoms with Gasteiger partial charge >= 0.3 is 5.97 Å². The second-order valence-corrected chi connectivity index (χ2v) is 7.57. The lowest BCUT2D eigenvalue weighted by Crippen LogP contribution is -2.50. The molecule has 1 rings (SSSR count). The molecule has 1 aromatic carbocycles. The van der Waals surface area contributed by atoms with Crippen LogP contribution in [0, 0.1) is 0 Å². The van der Waals surface area contributed by atoms with E-state index in [9.17, 15) is 23.1 Å². The van der Waals surface area contributed by atoms with Crippen molar-refractivity contribution >= 4 is 27.6 Å². The van der Waals surface area contributed by atoms with Crippen molar-refractivity contribution in [1.29, 1.82) is 0 Å². The van der Waals surface area contributed by atoms with Gasteiger partial charge in [-0.3, -0.25) is 9.52 Å². The third-order valence-electron chi connectivity index (χ3n) is 3.52. The van der Waals surface area contributed by atoms with Crippen LogP contribution in [0.1, 0.15) is 37.6 Å². The van der Waals surface area contributed by atoms with E-state index >= 15 is 0 Å². The fourth-order valence-electron chi connectivity index (χ4n) is 1.81. The first kappa shape index (κ1) is 19.0. The molecule has 0 spiro atoms. The summed E-state index contributed by atoms with van der Waals surface area (Å²) in [5.74, 6) is -1.65. The van der Waals surface area contributed by atoms with Crippen LogP contribution in [0.3, 0.4) is 0 Å². The normalized spacial score (nSPS) is 11.8. The second kappa shape index (κ2) is 6.99. The number of nitrogens with zero attached hydrogens (tertiary/aromatic N) is 1. The predicted octanol–water partition coefficient (Wildman–Crippen LogP) is 1.77. The van der Waals surface area contributed by atoms with Crippen molar-refractivity contribution in [3.8, 4) is 0 Å². The summed E-state index contributed by atoms with van der Waals surface area (Å²) in [5.41, 5.74) is -0.904. The molecule has 0 aliphatic heterocycles. The van der Waals surface area contributed by atoms with E-state index in [4.69, 9.17) is 0 Å². The number of carbonyl (C=O) groups excluding carboxylic acids is 1. The number of amides is 1. The molecule has 0 unspecified atom stereocenters. The molecular formula is C15H22N2O5S. The Morgan fingerprint density at radius 2 is 1.91 bits per heavy atom. The lowest BCUT2D eigenvalue weighted by atomic mass is 10.0. The first-order chi connectivity index (χ1) is 10.5. The Morgan fingerprint density at radius 3 is 2.43 bits per heavy atom. The molecule has 8 heteroatoms. The minimum absolute atomic E-state index is 0.0167.